The Bertz CT molecular complexity index is 361. The second kappa shape index (κ2) is 3.90. The quantitative estimate of drug-likeness (QED) is 0.787. The van der Waals surface area contributed by atoms with Crippen LogP contribution in [0.15, 0.2) is 12.1 Å². The first-order valence-electron chi connectivity index (χ1n) is 4.50. The molecule has 0 amide bonds. The smallest absolute Gasteiger partial charge is 0.0655 e. The molecule has 1 saturated carbocycles. The molecule has 1 aliphatic carbocycles. The van der Waals surface area contributed by atoms with Gasteiger partial charge in [0.1, 0.15) is 0 Å². The van der Waals surface area contributed by atoms with E-state index in [9.17, 15) is 0 Å². The molecule has 0 heterocycles. The first-order valence-corrected chi connectivity index (χ1v) is 5.63. The van der Waals surface area contributed by atoms with E-state index < -0.39 is 0 Å². The van der Waals surface area contributed by atoms with E-state index in [2.05, 4.69) is 0 Å². The maximum atomic E-state index is 6.07. The van der Waals surface area contributed by atoms with E-state index >= 15 is 0 Å². The van der Waals surface area contributed by atoms with Crippen molar-refractivity contribution in [3.05, 3.63) is 32.8 Å². The number of hydrogen-bond acceptors (Lipinski definition) is 1. The summed E-state index contributed by atoms with van der Waals surface area (Å²) >= 11 is 18.0. The van der Waals surface area contributed by atoms with E-state index in [0.29, 0.717) is 21.0 Å². The van der Waals surface area contributed by atoms with E-state index in [1.54, 1.807) is 12.1 Å². The Labute approximate surface area is 98.1 Å². The molecular formula is C10H10Cl3N. The van der Waals surface area contributed by atoms with E-state index in [0.717, 1.165) is 18.4 Å². The summed E-state index contributed by atoms with van der Waals surface area (Å²) in [5, 5.41) is 1.62. The summed E-state index contributed by atoms with van der Waals surface area (Å²) in [6, 6.07) is 3.36. The van der Waals surface area contributed by atoms with Crippen LogP contribution < -0.4 is 5.73 Å². The van der Waals surface area contributed by atoms with Gasteiger partial charge in [-0.15, -0.1) is 0 Å². The van der Waals surface area contributed by atoms with E-state index in [1.165, 1.54) is 0 Å². The highest BCUT2D eigenvalue weighted by Gasteiger charge is 2.32. The summed E-state index contributed by atoms with van der Waals surface area (Å²) in [5.41, 5.74) is 6.84. The fourth-order valence-electron chi connectivity index (χ4n) is 1.54. The van der Waals surface area contributed by atoms with Gasteiger partial charge in [0, 0.05) is 16.6 Å². The lowest BCUT2D eigenvalue weighted by atomic mass is 10.0. The van der Waals surface area contributed by atoms with E-state index in [4.69, 9.17) is 40.5 Å². The zero-order valence-corrected chi connectivity index (χ0v) is 9.70. The largest absolute Gasteiger partial charge is 0.324 e. The van der Waals surface area contributed by atoms with Gasteiger partial charge in [-0.05, 0) is 30.9 Å². The topological polar surface area (TPSA) is 26.0 Å². The summed E-state index contributed by atoms with van der Waals surface area (Å²) in [6.07, 6.45) is 2.31. The van der Waals surface area contributed by atoms with Gasteiger partial charge in [0.25, 0.3) is 0 Å². The van der Waals surface area contributed by atoms with Crippen LogP contribution in [0.3, 0.4) is 0 Å². The third kappa shape index (κ3) is 1.87. The van der Waals surface area contributed by atoms with Crippen molar-refractivity contribution in [1.82, 2.24) is 0 Å². The SMILES string of the molecule is N[C@H](c1c(Cl)ccc(Cl)c1Cl)C1CC1. The Balaban J connectivity index is 2.43. The standard InChI is InChI=1S/C10H10Cl3N/c11-6-3-4-7(12)9(13)8(6)10(14)5-1-2-5/h3-5,10H,1-2,14H2/t10-/m0/s1. The molecular weight excluding hydrogens is 240 g/mol. The lowest BCUT2D eigenvalue weighted by Gasteiger charge is -2.15. The van der Waals surface area contributed by atoms with Crippen molar-refractivity contribution in [2.45, 2.75) is 18.9 Å². The number of halogens is 3. The molecule has 1 aromatic rings. The predicted molar refractivity (Wildman–Crippen MR) is 61.1 cm³/mol. The third-order valence-electron chi connectivity index (χ3n) is 2.54. The molecule has 0 aromatic heterocycles. The van der Waals surface area contributed by atoms with Gasteiger partial charge < -0.3 is 5.73 Å². The summed E-state index contributed by atoms with van der Waals surface area (Å²) in [4.78, 5) is 0. The molecule has 76 valence electrons. The Morgan fingerprint density at radius 1 is 1.14 bits per heavy atom. The van der Waals surface area contributed by atoms with Crippen molar-refractivity contribution in [1.29, 1.82) is 0 Å². The lowest BCUT2D eigenvalue weighted by Crippen LogP contribution is -2.13. The molecule has 0 saturated heterocycles. The van der Waals surface area contributed by atoms with Crippen molar-refractivity contribution in [2.24, 2.45) is 11.7 Å². The van der Waals surface area contributed by atoms with Crippen LogP contribution in [0.2, 0.25) is 15.1 Å². The van der Waals surface area contributed by atoms with Crippen LogP contribution in [0.1, 0.15) is 24.4 Å². The Hall–Kier alpha value is 0.0500. The van der Waals surface area contributed by atoms with Gasteiger partial charge in [0.2, 0.25) is 0 Å². The minimum Gasteiger partial charge on any atom is -0.324 e. The van der Waals surface area contributed by atoms with Gasteiger partial charge in [-0.25, -0.2) is 0 Å². The van der Waals surface area contributed by atoms with Crippen molar-refractivity contribution in [3.8, 4) is 0 Å². The zero-order chi connectivity index (χ0) is 10.3. The molecule has 2 N–H and O–H groups in total. The van der Waals surface area contributed by atoms with Gasteiger partial charge in [-0.1, -0.05) is 34.8 Å². The number of hydrogen-bond donors (Lipinski definition) is 1. The average Bonchev–Trinajstić information content (AvgIpc) is 2.95. The van der Waals surface area contributed by atoms with Crippen molar-refractivity contribution < 1.29 is 0 Å². The van der Waals surface area contributed by atoms with Crippen LogP contribution in [0.25, 0.3) is 0 Å². The van der Waals surface area contributed by atoms with Gasteiger partial charge in [-0.2, -0.15) is 0 Å². The average molecular weight is 251 g/mol. The molecule has 0 radical (unpaired) electrons. The first-order chi connectivity index (χ1) is 6.61. The molecule has 0 unspecified atom stereocenters. The first kappa shape index (κ1) is 10.6. The predicted octanol–water partition coefficient (Wildman–Crippen LogP) is 4.06. The van der Waals surface area contributed by atoms with Gasteiger partial charge in [-0.3, -0.25) is 0 Å². The number of benzene rings is 1. The lowest BCUT2D eigenvalue weighted by molar-refractivity contribution is 0.634. The Morgan fingerprint density at radius 3 is 2.29 bits per heavy atom. The molecule has 0 aliphatic heterocycles. The van der Waals surface area contributed by atoms with Crippen LogP contribution in [0.4, 0.5) is 0 Å². The van der Waals surface area contributed by atoms with Gasteiger partial charge >= 0.3 is 0 Å². The molecule has 0 spiro atoms. The van der Waals surface area contributed by atoms with E-state index in [1.807, 2.05) is 0 Å². The monoisotopic (exact) mass is 249 g/mol. The van der Waals surface area contributed by atoms with Crippen molar-refractivity contribution >= 4 is 34.8 Å². The second-order valence-electron chi connectivity index (χ2n) is 3.62. The minimum atomic E-state index is -0.0753. The molecule has 1 nitrogen and oxygen atoms in total. The Kier molecular flexibility index (Phi) is 2.94. The van der Waals surface area contributed by atoms with Crippen LogP contribution in [-0.2, 0) is 0 Å². The molecule has 14 heavy (non-hydrogen) atoms. The van der Waals surface area contributed by atoms with Gasteiger partial charge in [0.15, 0.2) is 0 Å². The summed E-state index contributed by atoms with van der Waals surface area (Å²) < 4.78 is 0. The fourth-order valence-corrected chi connectivity index (χ4v) is 2.33. The summed E-state index contributed by atoms with van der Waals surface area (Å²) in [6.45, 7) is 0. The fraction of sp³-hybridized carbons (Fsp3) is 0.400. The Morgan fingerprint density at radius 2 is 1.71 bits per heavy atom. The summed E-state index contributed by atoms with van der Waals surface area (Å²) in [7, 11) is 0. The zero-order valence-electron chi connectivity index (χ0n) is 7.43. The number of nitrogens with two attached hydrogens (primary N) is 1. The molecule has 1 atom stereocenters. The molecule has 2 rings (SSSR count). The highest BCUT2D eigenvalue weighted by molar-refractivity contribution is 6.44. The maximum absolute atomic E-state index is 6.07. The third-order valence-corrected chi connectivity index (χ3v) is 3.69. The van der Waals surface area contributed by atoms with Crippen LogP contribution in [-0.4, -0.2) is 0 Å². The highest BCUT2D eigenvalue weighted by atomic mass is 35.5. The van der Waals surface area contributed by atoms with Crippen molar-refractivity contribution in [2.75, 3.05) is 0 Å². The van der Waals surface area contributed by atoms with Crippen LogP contribution >= 0.6 is 34.8 Å². The molecule has 4 heteroatoms. The molecule has 1 aliphatic rings. The van der Waals surface area contributed by atoms with E-state index in [-0.39, 0.29) is 6.04 Å². The van der Waals surface area contributed by atoms with Crippen molar-refractivity contribution in [3.63, 3.8) is 0 Å². The van der Waals surface area contributed by atoms with Crippen LogP contribution in [0.5, 0.6) is 0 Å². The van der Waals surface area contributed by atoms with Crippen LogP contribution in [0, 0.1) is 5.92 Å². The highest BCUT2D eigenvalue weighted by Crippen LogP contribution is 2.45. The normalized spacial score (nSPS) is 18.3. The molecule has 1 fully saturated rings. The number of rotatable bonds is 2. The van der Waals surface area contributed by atoms with Gasteiger partial charge in [0.05, 0.1) is 10.0 Å². The maximum Gasteiger partial charge on any atom is 0.0655 e. The second-order valence-corrected chi connectivity index (χ2v) is 4.81. The molecule has 0 bridgehead atoms. The summed E-state index contributed by atoms with van der Waals surface area (Å²) in [5.74, 6) is 0.517. The minimum absolute atomic E-state index is 0.0753. The molecule has 1 aromatic carbocycles.